The lowest BCUT2D eigenvalue weighted by Gasteiger charge is -2.37. The third kappa shape index (κ3) is 4.42. The molecule has 0 radical (unpaired) electrons. The van der Waals surface area contributed by atoms with Gasteiger partial charge in [0.1, 0.15) is 11.4 Å². The Balaban J connectivity index is 1.46. The average Bonchev–Trinajstić information content (AvgIpc) is 3.25. The number of nitrogens with zero attached hydrogens (tertiary/aromatic N) is 6. The fraction of sp³-hybridized carbons (Fsp3) is 0.370. The summed E-state index contributed by atoms with van der Waals surface area (Å²) < 4.78 is 1.83. The third-order valence-electron chi connectivity index (χ3n) is 7.24. The summed E-state index contributed by atoms with van der Waals surface area (Å²) in [6, 6.07) is 5.09. The van der Waals surface area contributed by atoms with Crippen LogP contribution in [-0.2, 0) is 13.0 Å². The van der Waals surface area contributed by atoms with Crippen molar-refractivity contribution < 1.29 is 9.59 Å². The molecule has 2 amide bonds. The summed E-state index contributed by atoms with van der Waals surface area (Å²) in [5.41, 5.74) is 5.07. The fourth-order valence-electron chi connectivity index (χ4n) is 5.06. The zero-order chi connectivity index (χ0) is 26.6. The van der Waals surface area contributed by atoms with Gasteiger partial charge in [0, 0.05) is 37.0 Å². The lowest BCUT2D eigenvalue weighted by Crippen LogP contribution is -2.45. The molecule has 3 aromatic rings. The molecule has 3 aromatic heterocycles. The SMILES string of the molecule is C=C(C)c1ccc(C(C)N2C[C@@H](C)n3nc4c(c3C2=O)CN(C(=O)c2cc(Cl)c(Cl)cn2)[C@H](C)C4)cn1. The van der Waals surface area contributed by atoms with Crippen molar-refractivity contribution in [2.45, 2.75) is 58.8 Å². The van der Waals surface area contributed by atoms with Gasteiger partial charge < -0.3 is 9.80 Å². The minimum atomic E-state index is -0.262. The zero-order valence-corrected chi connectivity index (χ0v) is 22.7. The van der Waals surface area contributed by atoms with E-state index in [0.29, 0.717) is 18.7 Å². The summed E-state index contributed by atoms with van der Waals surface area (Å²) in [7, 11) is 0. The van der Waals surface area contributed by atoms with E-state index in [1.165, 1.54) is 12.3 Å². The van der Waals surface area contributed by atoms with Crippen molar-refractivity contribution in [3.8, 4) is 0 Å². The van der Waals surface area contributed by atoms with Crippen LogP contribution in [0.15, 0.2) is 37.2 Å². The molecular formula is C27H28Cl2N6O2. The molecule has 2 aliphatic heterocycles. The molecule has 2 aliphatic rings. The van der Waals surface area contributed by atoms with Crippen LogP contribution >= 0.6 is 23.2 Å². The van der Waals surface area contributed by atoms with Crippen molar-refractivity contribution in [1.29, 1.82) is 0 Å². The van der Waals surface area contributed by atoms with Crippen molar-refractivity contribution in [1.82, 2.24) is 29.5 Å². The number of carbonyl (C=O) groups is 2. The quantitative estimate of drug-likeness (QED) is 0.445. The van der Waals surface area contributed by atoms with E-state index in [1.807, 2.05) is 42.5 Å². The number of hydrogen-bond donors (Lipinski definition) is 0. The number of amides is 2. The highest BCUT2D eigenvalue weighted by Gasteiger charge is 2.40. The molecule has 0 spiro atoms. The van der Waals surface area contributed by atoms with Crippen LogP contribution in [0.4, 0.5) is 0 Å². The molecule has 0 aliphatic carbocycles. The van der Waals surface area contributed by atoms with Crippen molar-refractivity contribution >= 4 is 40.6 Å². The molecule has 0 fully saturated rings. The van der Waals surface area contributed by atoms with Crippen LogP contribution in [-0.4, -0.2) is 53.9 Å². The first-order valence-corrected chi connectivity index (χ1v) is 13.0. The normalized spacial score (nSPS) is 19.9. The van der Waals surface area contributed by atoms with E-state index < -0.39 is 0 Å². The molecule has 37 heavy (non-hydrogen) atoms. The molecule has 5 rings (SSSR count). The summed E-state index contributed by atoms with van der Waals surface area (Å²) in [5, 5.41) is 5.38. The molecule has 0 aromatic carbocycles. The highest BCUT2D eigenvalue weighted by atomic mass is 35.5. The fourth-order valence-corrected chi connectivity index (χ4v) is 5.31. The Morgan fingerprint density at radius 2 is 1.84 bits per heavy atom. The standard InChI is InChI=1S/C27H28Cl2N6O2/c1-14(2)22-7-6-18(10-30-22)17(5)34-12-16(4)35-25(27(34)37)19-13-33(15(3)8-23(19)32-35)26(36)24-9-20(28)21(29)11-31-24/h6-7,9-11,15-17H,1,8,12-13H2,2-5H3/t15-,16-,17?/m1/s1. The first-order valence-electron chi connectivity index (χ1n) is 12.2. The molecule has 0 N–H and O–H groups in total. The second kappa shape index (κ2) is 9.58. The van der Waals surface area contributed by atoms with Gasteiger partial charge in [-0.05, 0) is 51.0 Å². The number of halogens is 2. The predicted octanol–water partition coefficient (Wildman–Crippen LogP) is 5.38. The second-order valence-corrected chi connectivity index (χ2v) is 10.7. The molecule has 192 valence electrons. The van der Waals surface area contributed by atoms with E-state index in [2.05, 4.69) is 23.5 Å². The van der Waals surface area contributed by atoms with Gasteiger partial charge in [0.05, 0.1) is 40.1 Å². The number of allylic oxidation sites excluding steroid dienone is 1. The Morgan fingerprint density at radius 3 is 2.49 bits per heavy atom. The van der Waals surface area contributed by atoms with E-state index in [0.717, 1.165) is 28.1 Å². The molecular weight excluding hydrogens is 511 g/mol. The van der Waals surface area contributed by atoms with Crippen LogP contribution in [0.25, 0.3) is 5.57 Å². The van der Waals surface area contributed by atoms with E-state index in [9.17, 15) is 9.59 Å². The molecule has 1 unspecified atom stereocenters. The second-order valence-electron chi connectivity index (χ2n) is 9.93. The first kappa shape index (κ1) is 25.4. The van der Waals surface area contributed by atoms with Gasteiger partial charge in [0.15, 0.2) is 0 Å². The van der Waals surface area contributed by atoms with Gasteiger partial charge in [0.25, 0.3) is 11.8 Å². The van der Waals surface area contributed by atoms with E-state index in [4.69, 9.17) is 28.3 Å². The van der Waals surface area contributed by atoms with Gasteiger partial charge >= 0.3 is 0 Å². The van der Waals surface area contributed by atoms with Gasteiger partial charge in [-0.15, -0.1) is 0 Å². The Kier molecular flexibility index (Phi) is 6.58. The topological polar surface area (TPSA) is 84.2 Å². The maximum absolute atomic E-state index is 13.9. The lowest BCUT2D eigenvalue weighted by atomic mass is 9.97. The summed E-state index contributed by atoms with van der Waals surface area (Å²) >= 11 is 12.1. The number of aromatic nitrogens is 4. The van der Waals surface area contributed by atoms with Crippen molar-refractivity contribution in [3.63, 3.8) is 0 Å². The maximum atomic E-state index is 13.9. The largest absolute Gasteiger partial charge is 0.330 e. The van der Waals surface area contributed by atoms with Gasteiger partial charge in [-0.2, -0.15) is 5.10 Å². The minimum Gasteiger partial charge on any atom is -0.330 e. The van der Waals surface area contributed by atoms with E-state index in [1.54, 1.807) is 11.1 Å². The lowest BCUT2D eigenvalue weighted by molar-refractivity contribution is 0.0573. The monoisotopic (exact) mass is 538 g/mol. The molecule has 0 saturated carbocycles. The van der Waals surface area contributed by atoms with E-state index in [-0.39, 0.29) is 52.2 Å². The Morgan fingerprint density at radius 1 is 1.11 bits per heavy atom. The smallest absolute Gasteiger partial charge is 0.273 e. The van der Waals surface area contributed by atoms with Gasteiger partial charge in [-0.3, -0.25) is 19.3 Å². The van der Waals surface area contributed by atoms with Crippen molar-refractivity contribution in [2.75, 3.05) is 6.54 Å². The molecule has 0 bridgehead atoms. The number of rotatable bonds is 4. The van der Waals surface area contributed by atoms with Crippen LogP contribution in [0.1, 0.15) is 83.3 Å². The van der Waals surface area contributed by atoms with Crippen molar-refractivity contribution in [3.05, 3.63) is 81.1 Å². The van der Waals surface area contributed by atoms with Crippen LogP contribution < -0.4 is 0 Å². The summed E-state index contributed by atoms with van der Waals surface area (Å²) in [4.78, 5) is 39.5. The maximum Gasteiger partial charge on any atom is 0.273 e. The van der Waals surface area contributed by atoms with Crippen LogP contribution in [0.3, 0.4) is 0 Å². The van der Waals surface area contributed by atoms with E-state index >= 15 is 0 Å². The van der Waals surface area contributed by atoms with Gasteiger partial charge in [-0.1, -0.05) is 35.8 Å². The highest BCUT2D eigenvalue weighted by molar-refractivity contribution is 6.42. The Labute approximate surface area is 225 Å². The van der Waals surface area contributed by atoms with Crippen molar-refractivity contribution in [2.24, 2.45) is 0 Å². The molecule has 5 heterocycles. The number of carbonyl (C=O) groups excluding carboxylic acids is 2. The number of hydrogen-bond acceptors (Lipinski definition) is 5. The van der Waals surface area contributed by atoms with Gasteiger partial charge in [0.2, 0.25) is 0 Å². The van der Waals surface area contributed by atoms with Gasteiger partial charge in [-0.25, -0.2) is 4.98 Å². The third-order valence-corrected chi connectivity index (χ3v) is 7.96. The molecule has 3 atom stereocenters. The van der Waals surface area contributed by atoms with Crippen LogP contribution in [0.2, 0.25) is 10.0 Å². The molecule has 0 saturated heterocycles. The number of fused-ring (bicyclic) bond motifs is 3. The molecule has 10 heteroatoms. The minimum absolute atomic E-state index is 0.0143. The zero-order valence-electron chi connectivity index (χ0n) is 21.2. The summed E-state index contributed by atoms with van der Waals surface area (Å²) in [6.45, 7) is 12.7. The van der Waals surface area contributed by atoms with Crippen LogP contribution in [0.5, 0.6) is 0 Å². The first-order chi connectivity index (χ1) is 17.6. The number of pyridine rings is 2. The average molecular weight is 539 g/mol. The Hall–Kier alpha value is -3.23. The van der Waals surface area contributed by atoms with Crippen LogP contribution in [0, 0.1) is 0 Å². The highest BCUT2D eigenvalue weighted by Crippen LogP contribution is 2.35. The Bertz CT molecular complexity index is 1420. The predicted molar refractivity (Wildman–Crippen MR) is 143 cm³/mol. The summed E-state index contributed by atoms with van der Waals surface area (Å²) in [5.74, 6) is -0.361. The molecule has 8 nitrogen and oxygen atoms in total. The summed E-state index contributed by atoms with van der Waals surface area (Å²) in [6.07, 6.45) is 3.73.